The highest BCUT2D eigenvalue weighted by molar-refractivity contribution is 8.26. The Bertz CT molecular complexity index is 1680. The minimum absolute atomic E-state index is 0.00254. The maximum atomic E-state index is 13.5. The van der Waals surface area contributed by atoms with Crippen LogP contribution in [0.5, 0.6) is 11.5 Å². The highest BCUT2D eigenvalue weighted by Gasteiger charge is 2.32. The fourth-order valence-electron chi connectivity index (χ4n) is 5.05. The lowest BCUT2D eigenvalue weighted by Crippen LogP contribution is -2.38. The van der Waals surface area contributed by atoms with Crippen molar-refractivity contribution in [3.63, 3.8) is 0 Å². The number of hydrogen-bond acceptors (Lipinski definition) is 9. The fourth-order valence-corrected chi connectivity index (χ4v) is 6.51. The number of nitrogens with one attached hydrogen (secondary N) is 1. The van der Waals surface area contributed by atoms with E-state index in [2.05, 4.69) is 10.2 Å². The molecular formula is C34H34ClN3O7S2. The number of aromatic carboxylic acids is 1. The second-order valence-corrected chi connectivity index (χ2v) is 12.8. The SMILES string of the molecule is CCOc1cc(Cl)ccc1-c1ccc(OCCN2CCOCC2)c(/C=C2\SC(=S)N(CCC(=O)Nc3ccc(C(=O)O)cc3)C2=O)c1. The van der Waals surface area contributed by atoms with Crippen molar-refractivity contribution in [1.29, 1.82) is 0 Å². The smallest absolute Gasteiger partial charge is 0.335 e. The van der Waals surface area contributed by atoms with Gasteiger partial charge in [-0.3, -0.25) is 19.4 Å². The van der Waals surface area contributed by atoms with Gasteiger partial charge in [0.05, 0.1) is 30.3 Å². The fraction of sp³-hybridized carbons (Fsp3) is 0.294. The van der Waals surface area contributed by atoms with Crippen LogP contribution in [0.15, 0.2) is 65.6 Å². The first-order valence-corrected chi connectivity index (χ1v) is 16.7. The number of carbonyl (C=O) groups excluding carboxylic acids is 2. The summed E-state index contributed by atoms with van der Waals surface area (Å²) < 4.78 is 17.9. The first kappa shape index (κ1) is 34.4. The molecule has 2 heterocycles. The van der Waals surface area contributed by atoms with Crippen molar-refractivity contribution in [3.8, 4) is 22.6 Å². The third kappa shape index (κ3) is 9.11. The summed E-state index contributed by atoms with van der Waals surface area (Å²) in [5.74, 6) is -0.418. The van der Waals surface area contributed by atoms with Gasteiger partial charge < -0.3 is 24.6 Å². The average Bonchev–Trinajstić information content (AvgIpc) is 3.32. The zero-order valence-corrected chi connectivity index (χ0v) is 28.1. The van der Waals surface area contributed by atoms with Crippen LogP contribution in [0.3, 0.4) is 0 Å². The Morgan fingerprint density at radius 2 is 1.81 bits per heavy atom. The van der Waals surface area contributed by atoms with E-state index in [4.69, 9.17) is 43.1 Å². The summed E-state index contributed by atoms with van der Waals surface area (Å²) in [6.07, 6.45) is 1.77. The van der Waals surface area contributed by atoms with Crippen LogP contribution in [-0.4, -0.2) is 89.6 Å². The Balaban J connectivity index is 1.33. The molecule has 0 saturated carbocycles. The van der Waals surface area contributed by atoms with Crippen LogP contribution >= 0.6 is 35.6 Å². The molecule has 2 saturated heterocycles. The number of amides is 2. The Kier molecular flexibility index (Phi) is 11.9. The van der Waals surface area contributed by atoms with E-state index in [9.17, 15) is 14.4 Å². The van der Waals surface area contributed by atoms with Crippen molar-refractivity contribution in [3.05, 3.63) is 81.7 Å². The summed E-state index contributed by atoms with van der Waals surface area (Å²) in [5.41, 5.74) is 2.98. The molecule has 2 aliphatic rings. The maximum Gasteiger partial charge on any atom is 0.335 e. The minimum atomic E-state index is -1.05. The normalized spacial score (nSPS) is 16.0. The van der Waals surface area contributed by atoms with Crippen LogP contribution in [0.25, 0.3) is 17.2 Å². The molecule has 3 aromatic carbocycles. The number of morpholine rings is 1. The highest BCUT2D eigenvalue weighted by atomic mass is 35.5. The quantitative estimate of drug-likeness (QED) is 0.162. The van der Waals surface area contributed by atoms with Gasteiger partial charge >= 0.3 is 5.97 Å². The molecule has 0 atom stereocenters. The van der Waals surface area contributed by atoms with Gasteiger partial charge in [0.1, 0.15) is 22.4 Å². The van der Waals surface area contributed by atoms with Crippen LogP contribution in [0, 0.1) is 0 Å². The van der Waals surface area contributed by atoms with E-state index in [0.717, 1.165) is 30.8 Å². The lowest BCUT2D eigenvalue weighted by molar-refractivity contribution is -0.122. The number of carboxylic acid groups (broad SMARTS) is 1. The third-order valence-corrected chi connectivity index (χ3v) is 9.08. The lowest BCUT2D eigenvalue weighted by atomic mass is 10.0. The number of carbonyl (C=O) groups is 3. The van der Waals surface area contributed by atoms with E-state index in [1.165, 1.54) is 40.9 Å². The van der Waals surface area contributed by atoms with Gasteiger partial charge in [0.25, 0.3) is 5.91 Å². The van der Waals surface area contributed by atoms with Crippen LogP contribution in [0.2, 0.25) is 5.02 Å². The van der Waals surface area contributed by atoms with Gasteiger partial charge in [-0.15, -0.1) is 0 Å². The number of ether oxygens (including phenoxy) is 3. The zero-order chi connectivity index (χ0) is 33.3. The van der Waals surface area contributed by atoms with Gasteiger partial charge in [-0.2, -0.15) is 0 Å². The summed E-state index contributed by atoms with van der Waals surface area (Å²) in [4.78, 5) is 41.3. The number of thioether (sulfide) groups is 1. The molecule has 0 spiro atoms. The number of carboxylic acids is 1. The molecule has 0 aliphatic carbocycles. The second-order valence-electron chi connectivity index (χ2n) is 10.6. The van der Waals surface area contributed by atoms with E-state index in [0.29, 0.717) is 63.4 Å². The summed E-state index contributed by atoms with van der Waals surface area (Å²) in [7, 11) is 0. The summed E-state index contributed by atoms with van der Waals surface area (Å²) >= 11 is 13.0. The Morgan fingerprint density at radius 3 is 2.53 bits per heavy atom. The number of rotatable bonds is 13. The van der Waals surface area contributed by atoms with Gasteiger partial charge in [-0.05, 0) is 73.2 Å². The molecule has 5 rings (SSSR count). The number of halogens is 1. The Labute approximate surface area is 287 Å². The summed E-state index contributed by atoms with van der Waals surface area (Å²) in [6.45, 7) is 6.77. The molecule has 0 bridgehead atoms. The number of thiocarbonyl (C=S) groups is 1. The van der Waals surface area contributed by atoms with Gasteiger partial charge in [0.2, 0.25) is 5.91 Å². The third-order valence-electron chi connectivity index (χ3n) is 7.47. The van der Waals surface area contributed by atoms with Gasteiger partial charge in [-0.25, -0.2) is 4.79 Å². The van der Waals surface area contributed by atoms with E-state index in [1.807, 2.05) is 31.2 Å². The standard InChI is InChI=1S/C34H34ClN3O7S2/c1-2-44-29-21-25(35)6-9-27(29)23-5-10-28(45-18-15-37-13-16-43-17-14-37)24(19-23)20-30-32(40)38(34(46)47-30)12-11-31(39)36-26-7-3-22(4-8-26)33(41)42/h3-10,19-21H,2,11-18H2,1H3,(H,36,39)(H,41,42)/b30-20-. The highest BCUT2D eigenvalue weighted by Crippen LogP contribution is 2.38. The van der Waals surface area contributed by atoms with Crippen molar-refractivity contribution in [1.82, 2.24) is 9.80 Å². The molecule has 2 fully saturated rings. The largest absolute Gasteiger partial charge is 0.493 e. The number of benzene rings is 3. The number of anilines is 1. The van der Waals surface area contributed by atoms with Crippen molar-refractivity contribution in [2.24, 2.45) is 0 Å². The number of nitrogens with zero attached hydrogens (tertiary/aromatic N) is 2. The van der Waals surface area contributed by atoms with Crippen LogP contribution in [-0.2, 0) is 14.3 Å². The molecular weight excluding hydrogens is 662 g/mol. The predicted molar refractivity (Wildman–Crippen MR) is 187 cm³/mol. The molecule has 2 amide bonds. The van der Waals surface area contributed by atoms with Crippen LogP contribution in [0.1, 0.15) is 29.3 Å². The molecule has 47 heavy (non-hydrogen) atoms. The van der Waals surface area contributed by atoms with Crippen molar-refractivity contribution < 1.29 is 33.7 Å². The molecule has 10 nitrogen and oxygen atoms in total. The lowest BCUT2D eigenvalue weighted by Gasteiger charge is -2.26. The average molecular weight is 696 g/mol. The van der Waals surface area contributed by atoms with Crippen molar-refractivity contribution in [2.75, 3.05) is 57.9 Å². The monoisotopic (exact) mass is 695 g/mol. The van der Waals surface area contributed by atoms with Crippen molar-refractivity contribution >= 4 is 69.4 Å². The summed E-state index contributed by atoms with van der Waals surface area (Å²) in [5, 5.41) is 12.4. The van der Waals surface area contributed by atoms with Crippen molar-refractivity contribution in [2.45, 2.75) is 13.3 Å². The zero-order valence-electron chi connectivity index (χ0n) is 25.7. The molecule has 0 unspecified atom stereocenters. The van der Waals surface area contributed by atoms with Crippen LogP contribution in [0.4, 0.5) is 5.69 Å². The van der Waals surface area contributed by atoms with E-state index < -0.39 is 5.97 Å². The summed E-state index contributed by atoms with van der Waals surface area (Å²) in [6, 6.07) is 17.1. The Morgan fingerprint density at radius 1 is 1.04 bits per heavy atom. The topological polar surface area (TPSA) is 118 Å². The van der Waals surface area contributed by atoms with E-state index >= 15 is 0 Å². The molecule has 246 valence electrons. The van der Waals surface area contributed by atoms with Crippen LogP contribution < -0.4 is 14.8 Å². The maximum absolute atomic E-state index is 13.5. The molecule has 0 radical (unpaired) electrons. The molecule has 3 aromatic rings. The van der Waals surface area contributed by atoms with Gasteiger partial charge in [0, 0.05) is 54.4 Å². The van der Waals surface area contributed by atoms with Gasteiger partial charge in [0.15, 0.2) is 0 Å². The molecule has 2 aliphatic heterocycles. The number of hydrogen-bond donors (Lipinski definition) is 2. The first-order chi connectivity index (χ1) is 22.7. The van der Waals surface area contributed by atoms with E-state index in [1.54, 1.807) is 18.2 Å². The first-order valence-electron chi connectivity index (χ1n) is 15.1. The second kappa shape index (κ2) is 16.2. The minimum Gasteiger partial charge on any atom is -0.493 e. The Hall–Kier alpha value is -3.94. The van der Waals surface area contributed by atoms with E-state index in [-0.39, 0.29) is 30.3 Å². The predicted octanol–water partition coefficient (Wildman–Crippen LogP) is 6.04. The molecule has 2 N–H and O–H groups in total. The van der Waals surface area contributed by atoms with Gasteiger partial charge in [-0.1, -0.05) is 41.6 Å². The molecule has 0 aromatic heterocycles. The molecule has 13 heteroatoms.